The molecule has 1 amide bonds. The molecule has 1 rings (SSSR count). The molecule has 0 saturated carbocycles. The van der Waals surface area contributed by atoms with Crippen LogP contribution in [-0.2, 0) is 25.5 Å². The lowest BCUT2D eigenvalue weighted by Crippen LogP contribution is -2.43. The van der Waals surface area contributed by atoms with Gasteiger partial charge in [-0.1, -0.05) is 0 Å². The zero-order valence-corrected chi connectivity index (χ0v) is 11.1. The zero-order valence-electron chi connectivity index (χ0n) is 11.1. The predicted octanol–water partition coefficient (Wildman–Crippen LogP) is 0.0366. The molecule has 1 aromatic rings. The molecule has 7 heteroatoms. The summed E-state index contributed by atoms with van der Waals surface area (Å²) in [7, 11) is 2.87. The van der Waals surface area contributed by atoms with Crippen LogP contribution in [0.2, 0.25) is 0 Å². The highest BCUT2D eigenvalue weighted by molar-refractivity contribution is 5.84. The number of ether oxygens (including phenoxy) is 2. The topological polar surface area (TPSA) is 93.3 Å². The van der Waals surface area contributed by atoms with Crippen molar-refractivity contribution in [3.8, 4) is 0 Å². The monoisotopic (exact) mass is 269 g/mol. The molecular formula is C12H19N3O4. The molecule has 0 spiro atoms. The number of H-pyrrole nitrogens is 1. The molecule has 0 saturated heterocycles. The van der Waals surface area contributed by atoms with Crippen LogP contribution in [0, 0.1) is 0 Å². The lowest BCUT2D eigenvalue weighted by molar-refractivity contribution is -0.145. The lowest BCUT2D eigenvalue weighted by atomic mass is 10.1. The van der Waals surface area contributed by atoms with Gasteiger partial charge in [0.1, 0.15) is 6.04 Å². The third-order valence-electron chi connectivity index (χ3n) is 2.55. The Bertz CT molecular complexity index is 392. The lowest BCUT2D eigenvalue weighted by Gasteiger charge is -2.15. The number of imidazole rings is 1. The van der Waals surface area contributed by atoms with Gasteiger partial charge in [0.05, 0.1) is 13.4 Å². The first-order chi connectivity index (χ1) is 9.17. The minimum Gasteiger partial charge on any atom is -0.467 e. The minimum atomic E-state index is -0.708. The highest BCUT2D eigenvalue weighted by Gasteiger charge is 2.22. The molecule has 0 aliphatic carbocycles. The van der Waals surface area contributed by atoms with Crippen molar-refractivity contribution in [3.05, 3.63) is 18.2 Å². The molecule has 1 heterocycles. The van der Waals surface area contributed by atoms with Gasteiger partial charge < -0.3 is 19.8 Å². The summed E-state index contributed by atoms with van der Waals surface area (Å²) in [5, 5.41) is 2.65. The van der Waals surface area contributed by atoms with E-state index in [4.69, 9.17) is 4.74 Å². The van der Waals surface area contributed by atoms with Crippen LogP contribution in [0.25, 0.3) is 0 Å². The Kier molecular flexibility index (Phi) is 6.59. The molecule has 0 aliphatic heterocycles. The first kappa shape index (κ1) is 15.2. The number of amides is 1. The summed E-state index contributed by atoms with van der Waals surface area (Å²) in [4.78, 5) is 30.0. The maximum absolute atomic E-state index is 11.7. The summed E-state index contributed by atoms with van der Waals surface area (Å²) in [6, 6.07) is -0.708. The number of carbonyl (C=O) groups excluding carboxylic acids is 2. The van der Waals surface area contributed by atoms with Crippen molar-refractivity contribution in [2.45, 2.75) is 25.3 Å². The van der Waals surface area contributed by atoms with Gasteiger partial charge in [-0.05, 0) is 6.42 Å². The quantitative estimate of drug-likeness (QED) is 0.513. The first-order valence-electron chi connectivity index (χ1n) is 6.00. The molecule has 0 aromatic carbocycles. The Balaban J connectivity index is 2.50. The SMILES string of the molecule is COCCCC(=O)N[C@@H](Cc1cnc[nH]1)C(=O)OC. The predicted molar refractivity (Wildman–Crippen MR) is 67.3 cm³/mol. The minimum absolute atomic E-state index is 0.202. The van der Waals surface area contributed by atoms with E-state index in [1.54, 1.807) is 13.3 Å². The summed E-state index contributed by atoms with van der Waals surface area (Å²) in [6.07, 6.45) is 4.37. The van der Waals surface area contributed by atoms with E-state index in [9.17, 15) is 9.59 Å². The van der Waals surface area contributed by atoms with Crippen molar-refractivity contribution < 1.29 is 19.1 Å². The molecule has 1 aromatic heterocycles. The molecule has 0 bridgehead atoms. The fourth-order valence-electron chi connectivity index (χ4n) is 1.60. The number of aromatic nitrogens is 2. The Hall–Kier alpha value is -1.89. The van der Waals surface area contributed by atoms with E-state index in [1.807, 2.05) is 0 Å². The zero-order chi connectivity index (χ0) is 14.1. The smallest absolute Gasteiger partial charge is 0.328 e. The second-order valence-corrected chi connectivity index (χ2v) is 4.02. The van der Waals surface area contributed by atoms with Crippen LogP contribution in [-0.4, -0.2) is 48.7 Å². The molecular weight excluding hydrogens is 250 g/mol. The van der Waals surface area contributed by atoms with Crippen LogP contribution < -0.4 is 5.32 Å². The molecule has 0 unspecified atom stereocenters. The van der Waals surface area contributed by atoms with Gasteiger partial charge in [0.2, 0.25) is 5.91 Å². The number of aromatic amines is 1. The van der Waals surface area contributed by atoms with Gasteiger partial charge in [0.15, 0.2) is 0 Å². The van der Waals surface area contributed by atoms with Crippen molar-refractivity contribution in [3.63, 3.8) is 0 Å². The van der Waals surface area contributed by atoms with Crippen LogP contribution in [0.1, 0.15) is 18.5 Å². The molecule has 106 valence electrons. The van der Waals surface area contributed by atoms with Gasteiger partial charge in [-0.3, -0.25) is 4.79 Å². The number of nitrogens with one attached hydrogen (secondary N) is 2. The van der Waals surface area contributed by atoms with E-state index >= 15 is 0 Å². The molecule has 19 heavy (non-hydrogen) atoms. The molecule has 0 aliphatic rings. The summed E-state index contributed by atoms with van der Waals surface area (Å²) in [6.45, 7) is 0.511. The van der Waals surface area contributed by atoms with E-state index in [0.29, 0.717) is 25.9 Å². The first-order valence-corrected chi connectivity index (χ1v) is 6.00. The van der Waals surface area contributed by atoms with E-state index in [-0.39, 0.29) is 5.91 Å². The number of carbonyl (C=O) groups is 2. The standard InChI is InChI=1S/C12H19N3O4/c1-18-5-3-4-11(16)15-10(12(17)19-2)6-9-7-13-8-14-9/h7-8,10H,3-6H2,1-2H3,(H,13,14)(H,15,16)/t10-/m0/s1. The maximum atomic E-state index is 11.7. The van der Waals surface area contributed by atoms with Gasteiger partial charge >= 0.3 is 5.97 Å². The number of hydrogen-bond donors (Lipinski definition) is 2. The maximum Gasteiger partial charge on any atom is 0.328 e. The normalized spacial score (nSPS) is 11.9. The van der Waals surface area contributed by atoms with E-state index < -0.39 is 12.0 Å². The second kappa shape index (κ2) is 8.25. The van der Waals surface area contributed by atoms with Crippen LogP contribution in [0.5, 0.6) is 0 Å². The largest absolute Gasteiger partial charge is 0.467 e. The van der Waals surface area contributed by atoms with E-state index in [2.05, 4.69) is 20.0 Å². The average Bonchev–Trinajstić information content (AvgIpc) is 2.90. The van der Waals surface area contributed by atoms with Gasteiger partial charge in [-0.2, -0.15) is 0 Å². The van der Waals surface area contributed by atoms with Gasteiger partial charge in [-0.15, -0.1) is 0 Å². The Morgan fingerprint density at radius 3 is 2.84 bits per heavy atom. The number of hydrogen-bond acceptors (Lipinski definition) is 5. The second-order valence-electron chi connectivity index (χ2n) is 4.02. The van der Waals surface area contributed by atoms with Gasteiger partial charge in [0.25, 0.3) is 0 Å². The fraction of sp³-hybridized carbons (Fsp3) is 0.583. The Labute approximate surface area is 111 Å². The third kappa shape index (κ3) is 5.52. The van der Waals surface area contributed by atoms with Crippen LogP contribution in [0.3, 0.4) is 0 Å². The summed E-state index contributed by atoms with van der Waals surface area (Å²) < 4.78 is 9.54. The van der Waals surface area contributed by atoms with Crippen molar-refractivity contribution in [2.75, 3.05) is 20.8 Å². The van der Waals surface area contributed by atoms with Crippen molar-refractivity contribution in [1.82, 2.24) is 15.3 Å². The Morgan fingerprint density at radius 1 is 1.47 bits per heavy atom. The van der Waals surface area contributed by atoms with Crippen molar-refractivity contribution >= 4 is 11.9 Å². The van der Waals surface area contributed by atoms with Crippen LogP contribution in [0.15, 0.2) is 12.5 Å². The number of esters is 1. The fourth-order valence-corrected chi connectivity index (χ4v) is 1.60. The number of nitrogens with zero attached hydrogens (tertiary/aromatic N) is 1. The molecule has 0 radical (unpaired) electrons. The van der Waals surface area contributed by atoms with Crippen molar-refractivity contribution in [1.29, 1.82) is 0 Å². The summed E-state index contributed by atoms with van der Waals surface area (Å²) in [5.74, 6) is -0.679. The van der Waals surface area contributed by atoms with Crippen LogP contribution >= 0.6 is 0 Å². The highest BCUT2D eigenvalue weighted by Crippen LogP contribution is 2.01. The molecule has 2 N–H and O–H groups in total. The molecule has 0 fully saturated rings. The summed E-state index contributed by atoms with van der Waals surface area (Å²) >= 11 is 0. The third-order valence-corrected chi connectivity index (χ3v) is 2.55. The van der Waals surface area contributed by atoms with Gasteiger partial charge in [-0.25, -0.2) is 9.78 Å². The van der Waals surface area contributed by atoms with E-state index in [1.165, 1.54) is 13.4 Å². The van der Waals surface area contributed by atoms with E-state index in [0.717, 1.165) is 5.69 Å². The molecule has 1 atom stereocenters. The number of rotatable bonds is 8. The van der Waals surface area contributed by atoms with Crippen LogP contribution in [0.4, 0.5) is 0 Å². The molecule has 7 nitrogen and oxygen atoms in total. The number of methoxy groups -OCH3 is 2. The van der Waals surface area contributed by atoms with Gasteiger partial charge in [0, 0.05) is 38.4 Å². The highest BCUT2D eigenvalue weighted by atomic mass is 16.5. The Morgan fingerprint density at radius 2 is 2.26 bits per heavy atom. The van der Waals surface area contributed by atoms with Crippen molar-refractivity contribution in [2.24, 2.45) is 0 Å². The average molecular weight is 269 g/mol. The summed E-state index contributed by atoms with van der Waals surface area (Å²) in [5.41, 5.74) is 0.757.